The van der Waals surface area contributed by atoms with Gasteiger partial charge in [-0.25, -0.2) is 0 Å². The normalized spacial score (nSPS) is 13.9. The second kappa shape index (κ2) is 4.13. The second-order valence-electron chi connectivity index (χ2n) is 4.18. The number of hydrogen-bond donors (Lipinski definition) is 2. The summed E-state index contributed by atoms with van der Waals surface area (Å²) in [5.74, 6) is 0.867. The van der Waals surface area contributed by atoms with Gasteiger partial charge in [-0.2, -0.15) is 5.10 Å². The number of aromatic nitrogens is 2. The molecule has 0 radical (unpaired) electrons. The van der Waals surface area contributed by atoms with Crippen LogP contribution in [0, 0.1) is 0 Å². The van der Waals surface area contributed by atoms with Crippen LogP contribution in [0.25, 0.3) is 11.3 Å². The van der Waals surface area contributed by atoms with Crippen molar-refractivity contribution >= 4 is 5.69 Å². The number of nitrogens with zero attached hydrogens (tertiary/aromatic N) is 1. The van der Waals surface area contributed by atoms with E-state index >= 15 is 0 Å². The van der Waals surface area contributed by atoms with Gasteiger partial charge in [0.25, 0.3) is 0 Å². The summed E-state index contributed by atoms with van der Waals surface area (Å²) in [4.78, 5) is 0. The lowest BCUT2D eigenvalue weighted by Crippen LogP contribution is -2.10. The Bertz CT molecular complexity index is 516. The maximum absolute atomic E-state index is 5.16. The van der Waals surface area contributed by atoms with E-state index in [0.29, 0.717) is 0 Å². The molecule has 0 unspecified atom stereocenters. The Morgan fingerprint density at radius 1 is 1.24 bits per heavy atom. The molecule has 3 rings (SSSR count). The molecule has 1 aromatic heterocycles. The minimum absolute atomic E-state index is 0.867. The van der Waals surface area contributed by atoms with Crippen LogP contribution in [0.5, 0.6) is 5.75 Å². The van der Waals surface area contributed by atoms with Crippen LogP contribution in [-0.2, 0) is 6.42 Å². The Morgan fingerprint density at radius 2 is 2.06 bits per heavy atom. The van der Waals surface area contributed by atoms with Crippen molar-refractivity contribution < 1.29 is 4.74 Å². The summed E-state index contributed by atoms with van der Waals surface area (Å²) in [7, 11) is 1.67. The number of fused-ring (bicyclic) bond motifs is 1. The van der Waals surface area contributed by atoms with Gasteiger partial charge >= 0.3 is 0 Å². The lowest BCUT2D eigenvalue weighted by Gasteiger charge is -2.14. The van der Waals surface area contributed by atoms with Crippen molar-refractivity contribution in [3.8, 4) is 17.0 Å². The number of rotatable bonds is 2. The van der Waals surface area contributed by atoms with Crippen LogP contribution in [-0.4, -0.2) is 23.9 Å². The highest BCUT2D eigenvalue weighted by Crippen LogP contribution is 2.32. The van der Waals surface area contributed by atoms with E-state index in [0.717, 1.165) is 42.1 Å². The van der Waals surface area contributed by atoms with Crippen LogP contribution in [0.2, 0.25) is 0 Å². The predicted molar refractivity (Wildman–Crippen MR) is 67.4 cm³/mol. The molecule has 0 aliphatic carbocycles. The maximum atomic E-state index is 5.16. The summed E-state index contributed by atoms with van der Waals surface area (Å²) in [6, 6.07) is 7.98. The third-order valence-electron chi connectivity index (χ3n) is 3.11. The van der Waals surface area contributed by atoms with E-state index in [4.69, 9.17) is 4.74 Å². The molecule has 2 heterocycles. The molecule has 4 heteroatoms. The minimum atomic E-state index is 0.867. The zero-order chi connectivity index (χ0) is 11.7. The molecule has 0 spiro atoms. The molecule has 0 bridgehead atoms. The molecule has 0 fully saturated rings. The average Bonchev–Trinajstić information content (AvgIpc) is 2.83. The first kappa shape index (κ1) is 10.2. The van der Waals surface area contributed by atoms with Gasteiger partial charge in [-0.15, -0.1) is 0 Å². The molecule has 1 aromatic carbocycles. The van der Waals surface area contributed by atoms with Crippen LogP contribution in [0.3, 0.4) is 0 Å². The van der Waals surface area contributed by atoms with Crippen molar-refractivity contribution in [2.24, 2.45) is 0 Å². The van der Waals surface area contributed by atoms with Crippen molar-refractivity contribution in [3.63, 3.8) is 0 Å². The Labute approximate surface area is 100 Å². The largest absolute Gasteiger partial charge is 0.497 e. The van der Waals surface area contributed by atoms with E-state index in [-0.39, 0.29) is 0 Å². The highest BCUT2D eigenvalue weighted by molar-refractivity contribution is 5.76. The average molecular weight is 229 g/mol. The molecule has 0 amide bonds. The lowest BCUT2D eigenvalue weighted by atomic mass is 10.1. The van der Waals surface area contributed by atoms with Crippen molar-refractivity contribution in [2.45, 2.75) is 12.8 Å². The van der Waals surface area contributed by atoms with Crippen molar-refractivity contribution in [1.29, 1.82) is 0 Å². The van der Waals surface area contributed by atoms with Gasteiger partial charge in [-0.05, 0) is 37.1 Å². The van der Waals surface area contributed by atoms with E-state index < -0.39 is 0 Å². The van der Waals surface area contributed by atoms with Gasteiger partial charge in [0, 0.05) is 12.1 Å². The summed E-state index contributed by atoms with van der Waals surface area (Å²) < 4.78 is 5.16. The third kappa shape index (κ3) is 1.75. The first-order chi connectivity index (χ1) is 8.38. The predicted octanol–water partition coefficient (Wildman–Crippen LogP) is 2.44. The van der Waals surface area contributed by atoms with Gasteiger partial charge in [0.2, 0.25) is 0 Å². The molecule has 0 atom stereocenters. The number of aromatic amines is 1. The number of anilines is 1. The van der Waals surface area contributed by atoms with Gasteiger partial charge in [-0.1, -0.05) is 0 Å². The number of hydrogen-bond acceptors (Lipinski definition) is 3. The molecule has 88 valence electrons. The number of H-pyrrole nitrogens is 1. The van der Waals surface area contributed by atoms with Crippen molar-refractivity contribution in [1.82, 2.24) is 10.2 Å². The number of methoxy groups -OCH3 is 1. The molecule has 2 N–H and O–H groups in total. The first-order valence-corrected chi connectivity index (χ1v) is 5.84. The van der Waals surface area contributed by atoms with Gasteiger partial charge in [0.15, 0.2) is 0 Å². The quantitative estimate of drug-likeness (QED) is 0.831. The fourth-order valence-corrected chi connectivity index (χ4v) is 2.19. The summed E-state index contributed by atoms with van der Waals surface area (Å²) in [6.45, 7) is 1.02. The molecule has 17 heavy (non-hydrogen) atoms. The Morgan fingerprint density at radius 3 is 2.82 bits per heavy atom. The fourth-order valence-electron chi connectivity index (χ4n) is 2.19. The van der Waals surface area contributed by atoms with Crippen LogP contribution in [0.15, 0.2) is 24.3 Å². The number of aryl methyl sites for hydroxylation is 1. The van der Waals surface area contributed by atoms with E-state index in [1.165, 1.54) is 5.69 Å². The van der Waals surface area contributed by atoms with Gasteiger partial charge in [-0.3, -0.25) is 5.10 Å². The Balaban J connectivity index is 2.00. The molecule has 4 nitrogen and oxygen atoms in total. The van der Waals surface area contributed by atoms with Crippen LogP contribution < -0.4 is 10.1 Å². The minimum Gasteiger partial charge on any atom is -0.497 e. The van der Waals surface area contributed by atoms with Crippen molar-refractivity contribution in [2.75, 3.05) is 19.0 Å². The van der Waals surface area contributed by atoms with Crippen LogP contribution in [0.1, 0.15) is 12.1 Å². The van der Waals surface area contributed by atoms with E-state index in [9.17, 15) is 0 Å². The molecular formula is C13H15N3O. The number of ether oxygens (including phenoxy) is 1. The zero-order valence-electron chi connectivity index (χ0n) is 9.79. The highest BCUT2D eigenvalue weighted by Gasteiger charge is 2.17. The summed E-state index contributed by atoms with van der Waals surface area (Å²) >= 11 is 0. The zero-order valence-corrected chi connectivity index (χ0v) is 9.79. The van der Waals surface area contributed by atoms with Gasteiger partial charge in [0.1, 0.15) is 11.4 Å². The first-order valence-electron chi connectivity index (χ1n) is 5.84. The summed E-state index contributed by atoms with van der Waals surface area (Å²) in [5, 5.41) is 10.9. The SMILES string of the molecule is COc1ccc(-c2n[nH]c3c2NCCC3)cc1. The monoisotopic (exact) mass is 229 g/mol. The van der Waals surface area contributed by atoms with Crippen LogP contribution in [0.4, 0.5) is 5.69 Å². The Hall–Kier alpha value is -1.97. The van der Waals surface area contributed by atoms with Gasteiger partial charge in [0.05, 0.1) is 18.5 Å². The summed E-state index contributed by atoms with van der Waals surface area (Å²) in [6.07, 6.45) is 2.24. The lowest BCUT2D eigenvalue weighted by molar-refractivity contribution is 0.415. The van der Waals surface area contributed by atoms with E-state index in [1.807, 2.05) is 24.3 Å². The summed E-state index contributed by atoms with van der Waals surface area (Å²) in [5.41, 5.74) is 4.48. The molecule has 2 aromatic rings. The molecule has 0 saturated carbocycles. The topological polar surface area (TPSA) is 49.9 Å². The standard InChI is InChI=1S/C13H15N3O/c1-17-10-6-4-9(5-7-10)12-13-11(15-16-12)3-2-8-14-13/h4-7,14H,2-3,8H2,1H3,(H,15,16). The highest BCUT2D eigenvalue weighted by atomic mass is 16.5. The van der Waals surface area contributed by atoms with Crippen molar-refractivity contribution in [3.05, 3.63) is 30.0 Å². The van der Waals surface area contributed by atoms with Crippen LogP contribution >= 0.6 is 0 Å². The maximum Gasteiger partial charge on any atom is 0.118 e. The second-order valence-corrected chi connectivity index (χ2v) is 4.18. The molecular weight excluding hydrogens is 214 g/mol. The number of benzene rings is 1. The molecule has 1 aliphatic heterocycles. The smallest absolute Gasteiger partial charge is 0.118 e. The van der Waals surface area contributed by atoms with Gasteiger partial charge < -0.3 is 10.1 Å². The van der Waals surface area contributed by atoms with E-state index in [2.05, 4.69) is 15.5 Å². The fraction of sp³-hybridized carbons (Fsp3) is 0.308. The molecule has 1 aliphatic rings. The number of nitrogens with one attached hydrogen (secondary N) is 2. The molecule has 0 saturated heterocycles. The Kier molecular flexibility index (Phi) is 2.48. The third-order valence-corrected chi connectivity index (χ3v) is 3.11. The van der Waals surface area contributed by atoms with E-state index in [1.54, 1.807) is 7.11 Å².